The van der Waals surface area contributed by atoms with Gasteiger partial charge in [-0.25, -0.2) is 0 Å². The van der Waals surface area contributed by atoms with Gasteiger partial charge < -0.3 is 20.9 Å². The van der Waals surface area contributed by atoms with Crippen LogP contribution in [-0.2, 0) is 9.59 Å². The summed E-state index contributed by atoms with van der Waals surface area (Å²) in [5.74, 6) is 0.406. The Kier molecular flexibility index (Phi) is 3.96. The molecule has 6 nitrogen and oxygen atoms in total. The molecule has 2 aliphatic heterocycles. The highest BCUT2D eigenvalue weighted by atomic mass is 32.2. The number of nitrogens with two attached hydrogens (primary N) is 1. The molecule has 3 rings (SSSR count). The number of rotatable bonds is 3. The normalized spacial score (nSPS) is 19.7. The first-order chi connectivity index (χ1) is 10.5. The Bertz CT molecular complexity index is 664. The van der Waals surface area contributed by atoms with Crippen LogP contribution in [0.25, 0.3) is 0 Å². The third kappa shape index (κ3) is 2.76. The number of thioether (sulfide) groups is 1. The predicted molar refractivity (Wildman–Crippen MR) is 91.1 cm³/mol. The maximum Gasteiger partial charge on any atom is 0.237 e. The van der Waals surface area contributed by atoms with Crippen molar-refractivity contribution in [1.82, 2.24) is 4.90 Å². The summed E-state index contributed by atoms with van der Waals surface area (Å²) in [6.07, 6.45) is 0. The molecule has 2 aliphatic rings. The van der Waals surface area contributed by atoms with Crippen molar-refractivity contribution in [2.45, 2.75) is 17.9 Å². The van der Waals surface area contributed by atoms with E-state index in [-0.39, 0.29) is 24.4 Å². The van der Waals surface area contributed by atoms with E-state index in [0.717, 1.165) is 22.0 Å². The van der Waals surface area contributed by atoms with Gasteiger partial charge in [0.2, 0.25) is 11.8 Å². The summed E-state index contributed by atoms with van der Waals surface area (Å²) in [4.78, 5) is 27.4. The van der Waals surface area contributed by atoms with E-state index in [9.17, 15) is 9.59 Å². The number of nitrogens with one attached hydrogen (secondary N) is 1. The first-order valence-corrected chi connectivity index (χ1v) is 8.26. The molecule has 1 aromatic carbocycles. The Morgan fingerprint density at radius 1 is 1.50 bits per heavy atom. The van der Waals surface area contributed by atoms with Crippen LogP contribution in [-0.4, -0.2) is 46.7 Å². The number of anilines is 2. The van der Waals surface area contributed by atoms with E-state index in [2.05, 4.69) is 10.2 Å². The summed E-state index contributed by atoms with van der Waals surface area (Å²) in [5, 5.41) is 3.40. The van der Waals surface area contributed by atoms with Crippen LogP contribution in [0, 0.1) is 0 Å². The van der Waals surface area contributed by atoms with Gasteiger partial charge in [0.25, 0.3) is 0 Å². The zero-order chi connectivity index (χ0) is 15.9. The topological polar surface area (TPSA) is 78.7 Å². The SMILES string of the molecule is CC(=O)Nc1ccc2c(c1)N1C(=S)N(CC(N)=O)CC1CS2. The zero-order valence-electron chi connectivity index (χ0n) is 12.0. The van der Waals surface area contributed by atoms with Crippen LogP contribution in [0.5, 0.6) is 0 Å². The number of nitrogens with zero attached hydrogens (tertiary/aromatic N) is 2. The van der Waals surface area contributed by atoms with E-state index in [0.29, 0.717) is 11.7 Å². The first-order valence-electron chi connectivity index (χ1n) is 6.86. The van der Waals surface area contributed by atoms with E-state index in [1.54, 1.807) is 11.8 Å². The number of carbonyl (C=O) groups is 2. The molecule has 8 heteroatoms. The van der Waals surface area contributed by atoms with Gasteiger partial charge in [-0.2, -0.15) is 0 Å². The second-order valence-corrected chi connectivity index (χ2v) is 6.75. The fourth-order valence-electron chi connectivity index (χ4n) is 2.76. The van der Waals surface area contributed by atoms with Crippen molar-refractivity contribution in [3.8, 4) is 0 Å². The van der Waals surface area contributed by atoms with Gasteiger partial charge in [0, 0.05) is 29.8 Å². The first kappa shape index (κ1) is 15.1. The van der Waals surface area contributed by atoms with E-state index in [4.69, 9.17) is 18.0 Å². The summed E-state index contributed by atoms with van der Waals surface area (Å²) in [7, 11) is 0. The molecule has 1 saturated heterocycles. The fourth-order valence-corrected chi connectivity index (χ4v) is 4.25. The smallest absolute Gasteiger partial charge is 0.237 e. The van der Waals surface area contributed by atoms with Crippen molar-refractivity contribution >= 4 is 52.3 Å². The number of hydrogen-bond acceptors (Lipinski definition) is 4. The molecule has 1 atom stereocenters. The Labute approximate surface area is 138 Å². The van der Waals surface area contributed by atoms with Gasteiger partial charge in [0.05, 0.1) is 18.3 Å². The van der Waals surface area contributed by atoms with E-state index < -0.39 is 0 Å². The number of carbonyl (C=O) groups excluding carboxylic acids is 2. The van der Waals surface area contributed by atoms with Gasteiger partial charge in [-0.1, -0.05) is 0 Å². The molecule has 0 radical (unpaired) electrons. The minimum Gasteiger partial charge on any atom is -0.368 e. The molecule has 116 valence electrons. The molecule has 1 fully saturated rings. The largest absolute Gasteiger partial charge is 0.368 e. The average molecular weight is 336 g/mol. The molecule has 1 unspecified atom stereocenters. The predicted octanol–water partition coefficient (Wildman–Crippen LogP) is 1.01. The third-order valence-corrected chi connectivity index (χ3v) is 5.25. The number of primary amides is 1. The lowest BCUT2D eigenvalue weighted by molar-refractivity contribution is -0.118. The van der Waals surface area contributed by atoms with Crippen LogP contribution < -0.4 is 16.0 Å². The van der Waals surface area contributed by atoms with Gasteiger partial charge in [-0.05, 0) is 30.4 Å². The second kappa shape index (κ2) is 5.77. The summed E-state index contributed by atoms with van der Waals surface area (Å²) in [6.45, 7) is 2.31. The molecule has 1 aromatic rings. The lowest BCUT2D eigenvalue weighted by Gasteiger charge is -2.32. The maximum absolute atomic E-state index is 11.2. The van der Waals surface area contributed by atoms with Crippen molar-refractivity contribution in [1.29, 1.82) is 0 Å². The van der Waals surface area contributed by atoms with E-state index >= 15 is 0 Å². The summed E-state index contributed by atoms with van der Waals surface area (Å²) in [5.41, 5.74) is 7.00. The number of amides is 2. The van der Waals surface area contributed by atoms with Gasteiger partial charge in [-0.15, -0.1) is 11.8 Å². The zero-order valence-corrected chi connectivity index (χ0v) is 13.7. The van der Waals surface area contributed by atoms with Crippen LogP contribution in [0.2, 0.25) is 0 Å². The lowest BCUT2D eigenvalue weighted by Crippen LogP contribution is -2.39. The fraction of sp³-hybridized carbons (Fsp3) is 0.357. The van der Waals surface area contributed by atoms with Crippen LogP contribution in [0.3, 0.4) is 0 Å². The molecule has 0 aromatic heterocycles. The van der Waals surface area contributed by atoms with Crippen molar-refractivity contribution in [3.05, 3.63) is 18.2 Å². The molecule has 0 saturated carbocycles. The summed E-state index contributed by atoms with van der Waals surface area (Å²) < 4.78 is 0. The lowest BCUT2D eigenvalue weighted by atomic mass is 10.2. The van der Waals surface area contributed by atoms with Crippen LogP contribution in [0.4, 0.5) is 11.4 Å². The number of benzene rings is 1. The Morgan fingerprint density at radius 3 is 2.95 bits per heavy atom. The number of hydrogen-bond donors (Lipinski definition) is 2. The number of fused-ring (bicyclic) bond motifs is 3. The Hall–Kier alpha value is -1.80. The van der Waals surface area contributed by atoms with Crippen molar-refractivity contribution in [3.63, 3.8) is 0 Å². The Balaban J connectivity index is 1.92. The number of thiocarbonyl (C=S) groups is 1. The summed E-state index contributed by atoms with van der Waals surface area (Å²) in [6, 6.07) is 6.02. The molecule has 2 amide bonds. The molecule has 0 spiro atoms. The van der Waals surface area contributed by atoms with Crippen LogP contribution in [0.15, 0.2) is 23.1 Å². The minimum atomic E-state index is -0.387. The molecule has 0 aliphatic carbocycles. The molecular weight excluding hydrogens is 320 g/mol. The van der Waals surface area contributed by atoms with Gasteiger partial charge >= 0.3 is 0 Å². The van der Waals surface area contributed by atoms with Gasteiger partial charge in [0.15, 0.2) is 5.11 Å². The molecular formula is C14H16N4O2S2. The summed E-state index contributed by atoms with van der Waals surface area (Å²) >= 11 is 7.27. The van der Waals surface area contributed by atoms with E-state index in [1.807, 2.05) is 23.1 Å². The third-order valence-electron chi connectivity index (χ3n) is 3.59. The molecule has 2 heterocycles. The van der Waals surface area contributed by atoms with E-state index in [1.165, 1.54) is 6.92 Å². The quantitative estimate of drug-likeness (QED) is 0.802. The molecule has 0 bridgehead atoms. The maximum atomic E-state index is 11.2. The molecule has 22 heavy (non-hydrogen) atoms. The molecule has 3 N–H and O–H groups in total. The standard InChI is InChI=1S/C14H16N4O2S2/c1-8(19)16-9-2-3-12-11(4-9)18-10(7-22-12)5-17(14(18)21)6-13(15)20/h2-4,10H,5-7H2,1H3,(H2,15,20)(H,16,19). The monoisotopic (exact) mass is 336 g/mol. The van der Waals surface area contributed by atoms with Gasteiger partial charge in [-0.3, -0.25) is 9.59 Å². The van der Waals surface area contributed by atoms with Crippen LogP contribution in [0.1, 0.15) is 6.92 Å². The highest BCUT2D eigenvalue weighted by Crippen LogP contribution is 2.42. The average Bonchev–Trinajstić information content (AvgIpc) is 2.74. The second-order valence-electron chi connectivity index (χ2n) is 5.33. The van der Waals surface area contributed by atoms with Crippen molar-refractivity contribution < 1.29 is 9.59 Å². The van der Waals surface area contributed by atoms with Gasteiger partial charge in [0.1, 0.15) is 0 Å². The van der Waals surface area contributed by atoms with Crippen molar-refractivity contribution in [2.24, 2.45) is 5.73 Å². The van der Waals surface area contributed by atoms with Crippen molar-refractivity contribution in [2.75, 3.05) is 29.1 Å². The van der Waals surface area contributed by atoms with Crippen LogP contribution >= 0.6 is 24.0 Å². The Morgan fingerprint density at radius 2 is 2.27 bits per heavy atom. The minimum absolute atomic E-state index is 0.112. The highest BCUT2D eigenvalue weighted by molar-refractivity contribution is 7.99. The highest BCUT2D eigenvalue weighted by Gasteiger charge is 2.39.